The monoisotopic (exact) mass is 371 g/mol. The number of halogens is 1. The number of rotatable bonds is 5. The summed E-state index contributed by atoms with van der Waals surface area (Å²) in [6.45, 7) is 1.28. The van der Waals surface area contributed by atoms with E-state index in [-0.39, 0.29) is 17.9 Å². The average molecular weight is 372 g/mol. The molecule has 1 aromatic heterocycles. The zero-order valence-corrected chi connectivity index (χ0v) is 15.3. The van der Waals surface area contributed by atoms with Crippen LogP contribution in [0.3, 0.4) is 0 Å². The van der Waals surface area contributed by atoms with Gasteiger partial charge >= 0.3 is 0 Å². The van der Waals surface area contributed by atoms with Crippen LogP contribution in [0.4, 0.5) is 0 Å². The molecule has 1 aromatic carbocycles. The lowest BCUT2D eigenvalue weighted by Gasteiger charge is -2.32. The van der Waals surface area contributed by atoms with Gasteiger partial charge in [0.2, 0.25) is 5.91 Å². The first-order valence-electron chi connectivity index (χ1n) is 8.85. The summed E-state index contributed by atoms with van der Waals surface area (Å²) >= 11 is 6.12. The molecule has 0 spiro atoms. The molecule has 2 amide bonds. The highest BCUT2D eigenvalue weighted by Gasteiger charge is 2.24. The third-order valence-electron chi connectivity index (χ3n) is 4.64. The number of aromatic nitrogens is 1. The van der Waals surface area contributed by atoms with Crippen LogP contribution in [0.5, 0.6) is 0 Å². The summed E-state index contributed by atoms with van der Waals surface area (Å²) < 4.78 is 0. The van der Waals surface area contributed by atoms with E-state index in [9.17, 15) is 9.59 Å². The number of benzene rings is 1. The number of amides is 2. The van der Waals surface area contributed by atoms with Crippen LogP contribution in [0.2, 0.25) is 5.02 Å². The van der Waals surface area contributed by atoms with E-state index in [0.717, 1.165) is 18.4 Å². The second kappa shape index (κ2) is 8.81. The van der Waals surface area contributed by atoms with E-state index in [4.69, 9.17) is 11.6 Å². The van der Waals surface area contributed by atoms with Crippen molar-refractivity contribution in [3.8, 4) is 0 Å². The van der Waals surface area contributed by atoms with Gasteiger partial charge in [-0.2, -0.15) is 0 Å². The van der Waals surface area contributed by atoms with E-state index in [0.29, 0.717) is 36.5 Å². The lowest BCUT2D eigenvalue weighted by molar-refractivity contribution is -0.122. The minimum absolute atomic E-state index is 0.00148. The van der Waals surface area contributed by atoms with Gasteiger partial charge in [0.25, 0.3) is 5.91 Å². The van der Waals surface area contributed by atoms with Gasteiger partial charge < -0.3 is 10.2 Å². The van der Waals surface area contributed by atoms with Gasteiger partial charge in [0, 0.05) is 43.0 Å². The number of likely N-dealkylation sites (tertiary alicyclic amines) is 1. The molecule has 1 saturated heterocycles. The molecular weight excluding hydrogens is 350 g/mol. The van der Waals surface area contributed by atoms with Gasteiger partial charge in [-0.3, -0.25) is 14.6 Å². The van der Waals surface area contributed by atoms with Crippen molar-refractivity contribution in [2.75, 3.05) is 13.1 Å². The van der Waals surface area contributed by atoms with Crippen molar-refractivity contribution in [3.05, 3.63) is 64.9 Å². The van der Waals surface area contributed by atoms with Crippen LogP contribution >= 0.6 is 11.6 Å². The maximum absolute atomic E-state index is 12.4. The number of piperidine rings is 1. The first-order valence-corrected chi connectivity index (χ1v) is 9.23. The van der Waals surface area contributed by atoms with Gasteiger partial charge in [0.05, 0.1) is 5.56 Å². The van der Waals surface area contributed by atoms with Crippen molar-refractivity contribution >= 4 is 23.4 Å². The topological polar surface area (TPSA) is 62.3 Å². The Labute approximate surface area is 158 Å². The fourth-order valence-electron chi connectivity index (χ4n) is 3.15. The maximum atomic E-state index is 12.4. The summed E-state index contributed by atoms with van der Waals surface area (Å²) in [6, 6.07) is 11.2. The number of pyridine rings is 1. The number of hydrogen-bond donors (Lipinski definition) is 1. The summed E-state index contributed by atoms with van der Waals surface area (Å²) in [4.78, 5) is 30.4. The SMILES string of the molecule is O=C(CCc1ccccc1Cl)NC1CCN(C(=O)c2cccnc2)CC1. The molecule has 3 rings (SSSR count). The highest BCUT2D eigenvalue weighted by atomic mass is 35.5. The van der Waals surface area contributed by atoms with Gasteiger partial charge in [-0.1, -0.05) is 29.8 Å². The third-order valence-corrected chi connectivity index (χ3v) is 5.00. The molecule has 0 atom stereocenters. The summed E-state index contributed by atoms with van der Waals surface area (Å²) in [5.41, 5.74) is 1.59. The number of carbonyl (C=O) groups is 2. The molecule has 1 N–H and O–H groups in total. The van der Waals surface area contributed by atoms with Crippen molar-refractivity contribution in [1.82, 2.24) is 15.2 Å². The molecule has 5 nitrogen and oxygen atoms in total. The molecule has 6 heteroatoms. The van der Waals surface area contributed by atoms with Gasteiger partial charge in [0.15, 0.2) is 0 Å². The highest BCUT2D eigenvalue weighted by molar-refractivity contribution is 6.31. The summed E-state index contributed by atoms with van der Waals surface area (Å²) in [7, 11) is 0. The molecule has 2 aromatic rings. The van der Waals surface area contributed by atoms with E-state index in [2.05, 4.69) is 10.3 Å². The van der Waals surface area contributed by atoms with Gasteiger partial charge in [0.1, 0.15) is 0 Å². The van der Waals surface area contributed by atoms with E-state index in [1.54, 1.807) is 24.5 Å². The first kappa shape index (κ1) is 18.4. The van der Waals surface area contributed by atoms with E-state index >= 15 is 0 Å². The molecule has 0 radical (unpaired) electrons. The predicted molar refractivity (Wildman–Crippen MR) is 101 cm³/mol. The molecule has 0 bridgehead atoms. The maximum Gasteiger partial charge on any atom is 0.255 e. The Morgan fingerprint density at radius 2 is 1.92 bits per heavy atom. The molecule has 1 aliphatic heterocycles. The number of nitrogens with zero attached hydrogens (tertiary/aromatic N) is 2. The molecule has 1 aliphatic rings. The summed E-state index contributed by atoms with van der Waals surface area (Å²) in [5, 5.41) is 3.77. The van der Waals surface area contributed by atoms with E-state index in [1.165, 1.54) is 0 Å². The van der Waals surface area contributed by atoms with Crippen molar-refractivity contribution in [3.63, 3.8) is 0 Å². The molecule has 2 heterocycles. The number of nitrogens with one attached hydrogen (secondary N) is 1. The third kappa shape index (κ3) is 4.82. The Morgan fingerprint density at radius 3 is 2.62 bits per heavy atom. The predicted octanol–water partition coefficient (Wildman–Crippen LogP) is 3.09. The fraction of sp³-hybridized carbons (Fsp3) is 0.350. The second-order valence-corrected chi connectivity index (χ2v) is 6.87. The van der Waals surface area contributed by atoms with Gasteiger partial charge in [-0.25, -0.2) is 0 Å². The van der Waals surface area contributed by atoms with Crippen LogP contribution in [0.25, 0.3) is 0 Å². The lowest BCUT2D eigenvalue weighted by Crippen LogP contribution is -2.46. The van der Waals surface area contributed by atoms with Crippen LogP contribution in [0.1, 0.15) is 35.2 Å². The average Bonchev–Trinajstić information content (AvgIpc) is 2.68. The summed E-state index contributed by atoms with van der Waals surface area (Å²) in [6.07, 6.45) is 5.82. The molecular formula is C20H22ClN3O2. The highest BCUT2D eigenvalue weighted by Crippen LogP contribution is 2.17. The standard InChI is InChI=1S/C20H22ClN3O2/c21-18-6-2-1-4-15(18)7-8-19(25)23-17-9-12-24(13-10-17)20(26)16-5-3-11-22-14-16/h1-6,11,14,17H,7-10,12-13H2,(H,23,25). The normalized spacial score (nSPS) is 14.9. The number of aryl methyl sites for hydroxylation is 1. The minimum atomic E-state index is 0.00148. The minimum Gasteiger partial charge on any atom is -0.353 e. The Hall–Kier alpha value is -2.40. The fourth-order valence-corrected chi connectivity index (χ4v) is 3.38. The van der Waals surface area contributed by atoms with Crippen LogP contribution in [0.15, 0.2) is 48.8 Å². The van der Waals surface area contributed by atoms with E-state index in [1.807, 2.05) is 29.2 Å². The van der Waals surface area contributed by atoms with Crippen LogP contribution in [-0.2, 0) is 11.2 Å². The molecule has 136 valence electrons. The van der Waals surface area contributed by atoms with Crippen LogP contribution < -0.4 is 5.32 Å². The Morgan fingerprint density at radius 1 is 1.15 bits per heavy atom. The Balaban J connectivity index is 1.43. The first-order chi connectivity index (χ1) is 12.6. The molecule has 26 heavy (non-hydrogen) atoms. The smallest absolute Gasteiger partial charge is 0.255 e. The summed E-state index contributed by atoms with van der Waals surface area (Å²) in [5.74, 6) is 0.0311. The van der Waals surface area contributed by atoms with Gasteiger partial charge in [-0.05, 0) is 43.0 Å². The van der Waals surface area contributed by atoms with Crippen LogP contribution in [0, 0.1) is 0 Å². The van der Waals surface area contributed by atoms with Crippen molar-refractivity contribution < 1.29 is 9.59 Å². The van der Waals surface area contributed by atoms with Crippen molar-refractivity contribution in [2.45, 2.75) is 31.7 Å². The van der Waals surface area contributed by atoms with Crippen LogP contribution in [-0.4, -0.2) is 40.8 Å². The quantitative estimate of drug-likeness (QED) is 0.878. The molecule has 0 unspecified atom stereocenters. The molecule has 0 aliphatic carbocycles. The second-order valence-electron chi connectivity index (χ2n) is 6.47. The van der Waals surface area contributed by atoms with Crippen molar-refractivity contribution in [1.29, 1.82) is 0 Å². The Bertz CT molecular complexity index is 759. The number of hydrogen-bond acceptors (Lipinski definition) is 3. The zero-order chi connectivity index (χ0) is 18.4. The Kier molecular flexibility index (Phi) is 6.23. The zero-order valence-electron chi connectivity index (χ0n) is 14.5. The number of carbonyl (C=O) groups excluding carboxylic acids is 2. The lowest BCUT2D eigenvalue weighted by atomic mass is 10.0. The van der Waals surface area contributed by atoms with E-state index < -0.39 is 0 Å². The molecule has 1 fully saturated rings. The molecule has 0 saturated carbocycles. The van der Waals surface area contributed by atoms with Gasteiger partial charge in [-0.15, -0.1) is 0 Å². The van der Waals surface area contributed by atoms with Crippen molar-refractivity contribution in [2.24, 2.45) is 0 Å². The largest absolute Gasteiger partial charge is 0.353 e.